The van der Waals surface area contributed by atoms with Gasteiger partial charge in [0.2, 0.25) is 0 Å². The van der Waals surface area contributed by atoms with Gasteiger partial charge in [0, 0.05) is 12.6 Å². The Hall–Kier alpha value is -0.750. The second kappa shape index (κ2) is 7.88. The van der Waals surface area contributed by atoms with Crippen molar-refractivity contribution in [2.75, 3.05) is 26.8 Å². The Balaban J connectivity index is 2.12. The van der Waals surface area contributed by atoms with Gasteiger partial charge >= 0.3 is 0 Å². The molecule has 0 spiro atoms. The van der Waals surface area contributed by atoms with Crippen LogP contribution in [0.25, 0.3) is 0 Å². The van der Waals surface area contributed by atoms with E-state index in [2.05, 4.69) is 50.6 Å². The van der Waals surface area contributed by atoms with Crippen molar-refractivity contribution in [3.8, 4) is 11.5 Å². The summed E-state index contributed by atoms with van der Waals surface area (Å²) in [4.78, 5) is 2.50. The third-order valence-electron chi connectivity index (χ3n) is 3.61. The summed E-state index contributed by atoms with van der Waals surface area (Å²) in [6, 6.07) is 6.59. The molecular weight excluding hydrogens is 365 g/mol. The van der Waals surface area contributed by atoms with E-state index in [0.717, 1.165) is 44.0 Å². The van der Waals surface area contributed by atoms with E-state index in [1.807, 2.05) is 12.1 Å². The maximum Gasteiger partial charge on any atom is 0.164 e. The summed E-state index contributed by atoms with van der Waals surface area (Å²) in [6.45, 7) is 5.06. The molecular formula is C16H22INO2. The van der Waals surface area contributed by atoms with Crippen LogP contribution in [0.15, 0.2) is 28.4 Å². The highest BCUT2D eigenvalue weighted by molar-refractivity contribution is 14.1. The molecule has 1 aliphatic rings. The first-order chi connectivity index (χ1) is 9.80. The number of hydrogen-bond acceptors (Lipinski definition) is 3. The van der Waals surface area contributed by atoms with Gasteiger partial charge in [-0.05, 0) is 35.1 Å². The predicted molar refractivity (Wildman–Crippen MR) is 91.0 cm³/mol. The molecule has 0 amide bonds. The fourth-order valence-corrected chi connectivity index (χ4v) is 2.89. The zero-order valence-corrected chi connectivity index (χ0v) is 14.3. The van der Waals surface area contributed by atoms with Crippen LogP contribution in [0, 0.1) is 0 Å². The standard InChI is InChI=1S/C16H22INO2/c1-3-9-18(10-5-8-17)14-11-13-6-4-7-15(19-2)16(13)20-12-14/h4-8,14H,3,9-12H2,1-2H3/b8-5+. The number of ether oxygens (including phenoxy) is 2. The molecule has 2 rings (SSSR count). The van der Waals surface area contributed by atoms with Crippen molar-refractivity contribution < 1.29 is 9.47 Å². The third kappa shape index (κ3) is 3.67. The van der Waals surface area contributed by atoms with E-state index in [-0.39, 0.29) is 0 Å². The van der Waals surface area contributed by atoms with Gasteiger partial charge in [0.05, 0.1) is 7.11 Å². The van der Waals surface area contributed by atoms with Crippen molar-refractivity contribution >= 4 is 22.6 Å². The summed E-state index contributed by atoms with van der Waals surface area (Å²) in [6.07, 6.45) is 4.40. The van der Waals surface area contributed by atoms with Crippen molar-refractivity contribution in [2.24, 2.45) is 0 Å². The molecule has 20 heavy (non-hydrogen) atoms. The van der Waals surface area contributed by atoms with E-state index in [0.29, 0.717) is 6.04 Å². The molecule has 110 valence electrons. The molecule has 0 bridgehead atoms. The van der Waals surface area contributed by atoms with Gasteiger partial charge in [-0.15, -0.1) is 0 Å². The highest BCUT2D eigenvalue weighted by Crippen LogP contribution is 2.35. The topological polar surface area (TPSA) is 21.7 Å². The van der Waals surface area contributed by atoms with Gasteiger partial charge in [0.1, 0.15) is 6.61 Å². The molecule has 0 saturated heterocycles. The minimum absolute atomic E-state index is 0.446. The van der Waals surface area contributed by atoms with Gasteiger partial charge in [-0.2, -0.15) is 0 Å². The monoisotopic (exact) mass is 387 g/mol. The minimum atomic E-state index is 0.446. The number of rotatable bonds is 6. The van der Waals surface area contributed by atoms with Crippen molar-refractivity contribution in [1.82, 2.24) is 4.90 Å². The predicted octanol–water partition coefficient (Wildman–Crippen LogP) is 3.66. The summed E-state index contributed by atoms with van der Waals surface area (Å²) in [7, 11) is 1.69. The average Bonchev–Trinajstić information content (AvgIpc) is 2.50. The summed E-state index contributed by atoms with van der Waals surface area (Å²) >= 11 is 2.27. The minimum Gasteiger partial charge on any atom is -0.493 e. The highest BCUT2D eigenvalue weighted by Gasteiger charge is 2.26. The first-order valence-corrected chi connectivity index (χ1v) is 8.32. The lowest BCUT2D eigenvalue weighted by Crippen LogP contribution is -2.43. The fourth-order valence-electron chi connectivity index (χ4n) is 2.66. The normalized spacial score (nSPS) is 18.1. The molecule has 1 aliphatic heterocycles. The van der Waals surface area contributed by atoms with Gasteiger partial charge in [-0.25, -0.2) is 0 Å². The molecule has 0 radical (unpaired) electrons. The number of fused-ring (bicyclic) bond motifs is 1. The third-order valence-corrected chi connectivity index (χ3v) is 4.12. The van der Waals surface area contributed by atoms with Gasteiger partial charge in [-0.3, -0.25) is 4.90 Å². The molecule has 1 aromatic carbocycles. The Kier molecular flexibility index (Phi) is 6.16. The number of methoxy groups -OCH3 is 1. The van der Waals surface area contributed by atoms with E-state index in [9.17, 15) is 0 Å². The molecule has 0 saturated carbocycles. The van der Waals surface area contributed by atoms with Crippen LogP contribution in [-0.2, 0) is 6.42 Å². The van der Waals surface area contributed by atoms with E-state index in [4.69, 9.17) is 9.47 Å². The van der Waals surface area contributed by atoms with Crippen molar-refractivity contribution in [3.05, 3.63) is 33.9 Å². The fraction of sp³-hybridized carbons (Fsp3) is 0.500. The average molecular weight is 387 g/mol. The largest absolute Gasteiger partial charge is 0.493 e. The second-order valence-electron chi connectivity index (χ2n) is 4.97. The second-order valence-corrected chi connectivity index (χ2v) is 5.69. The van der Waals surface area contributed by atoms with Gasteiger partial charge in [-0.1, -0.05) is 47.7 Å². The molecule has 0 aliphatic carbocycles. The van der Waals surface area contributed by atoms with Crippen molar-refractivity contribution in [3.63, 3.8) is 0 Å². The van der Waals surface area contributed by atoms with Crippen molar-refractivity contribution in [1.29, 1.82) is 0 Å². The number of hydrogen-bond donors (Lipinski definition) is 0. The van der Waals surface area contributed by atoms with E-state index < -0.39 is 0 Å². The van der Waals surface area contributed by atoms with Crippen LogP contribution in [0.5, 0.6) is 11.5 Å². The molecule has 0 aromatic heterocycles. The Morgan fingerprint density at radius 3 is 3.05 bits per heavy atom. The number of benzene rings is 1. The summed E-state index contributed by atoms with van der Waals surface area (Å²) in [5, 5.41) is 0. The lowest BCUT2D eigenvalue weighted by molar-refractivity contribution is 0.127. The summed E-state index contributed by atoms with van der Waals surface area (Å²) < 4.78 is 13.4. The number of nitrogens with zero attached hydrogens (tertiary/aromatic N) is 1. The van der Waals surface area contributed by atoms with Crippen LogP contribution in [0.1, 0.15) is 18.9 Å². The molecule has 1 atom stereocenters. The number of para-hydroxylation sites is 1. The molecule has 3 nitrogen and oxygen atoms in total. The van der Waals surface area contributed by atoms with Crippen LogP contribution < -0.4 is 9.47 Å². The lowest BCUT2D eigenvalue weighted by Gasteiger charge is -2.34. The Morgan fingerprint density at radius 1 is 1.50 bits per heavy atom. The molecule has 1 heterocycles. The van der Waals surface area contributed by atoms with Crippen LogP contribution in [0.4, 0.5) is 0 Å². The zero-order chi connectivity index (χ0) is 14.4. The molecule has 1 unspecified atom stereocenters. The van der Waals surface area contributed by atoms with E-state index in [1.54, 1.807) is 7.11 Å². The van der Waals surface area contributed by atoms with Crippen molar-refractivity contribution in [2.45, 2.75) is 25.8 Å². The number of halogens is 1. The van der Waals surface area contributed by atoms with Gasteiger partial charge < -0.3 is 9.47 Å². The first-order valence-electron chi connectivity index (χ1n) is 7.08. The van der Waals surface area contributed by atoms with Crippen LogP contribution in [-0.4, -0.2) is 37.7 Å². The van der Waals surface area contributed by atoms with Crippen LogP contribution >= 0.6 is 22.6 Å². The Bertz CT molecular complexity index is 462. The molecule has 4 heteroatoms. The first kappa shape index (κ1) is 15.6. The smallest absolute Gasteiger partial charge is 0.164 e. The SMILES string of the molecule is CCCN(C/C=C/I)C1COc2c(cccc2OC)C1. The lowest BCUT2D eigenvalue weighted by atomic mass is 10.0. The highest BCUT2D eigenvalue weighted by atomic mass is 127. The Morgan fingerprint density at radius 2 is 2.35 bits per heavy atom. The molecule has 1 aromatic rings. The zero-order valence-electron chi connectivity index (χ0n) is 12.1. The van der Waals surface area contributed by atoms with Crippen LogP contribution in [0.3, 0.4) is 0 Å². The van der Waals surface area contributed by atoms with Crippen LogP contribution in [0.2, 0.25) is 0 Å². The van der Waals surface area contributed by atoms with E-state index >= 15 is 0 Å². The summed E-state index contributed by atoms with van der Waals surface area (Å²) in [5.41, 5.74) is 1.25. The molecule has 0 fully saturated rings. The maximum absolute atomic E-state index is 5.97. The quantitative estimate of drug-likeness (QED) is 0.696. The van der Waals surface area contributed by atoms with Gasteiger partial charge in [0.25, 0.3) is 0 Å². The van der Waals surface area contributed by atoms with E-state index in [1.165, 1.54) is 5.56 Å². The Labute approximate surface area is 135 Å². The maximum atomic E-state index is 5.97. The summed E-state index contributed by atoms with van der Waals surface area (Å²) in [5.74, 6) is 1.77. The molecule has 0 N–H and O–H groups in total. The van der Waals surface area contributed by atoms with Gasteiger partial charge in [0.15, 0.2) is 11.5 Å².